The van der Waals surface area contributed by atoms with Crippen molar-refractivity contribution in [1.82, 2.24) is 0 Å². The van der Waals surface area contributed by atoms with Gasteiger partial charge in [0.15, 0.2) is 0 Å². The molecule has 0 aliphatic rings. The summed E-state index contributed by atoms with van der Waals surface area (Å²) in [4.78, 5) is 0.106. The highest BCUT2D eigenvalue weighted by Gasteiger charge is 2.07. The molecule has 2 rings (SSSR count). The summed E-state index contributed by atoms with van der Waals surface area (Å²) in [6.07, 6.45) is 1.63. The van der Waals surface area contributed by atoms with Crippen LogP contribution in [0.1, 0.15) is 11.1 Å². The summed E-state index contributed by atoms with van der Waals surface area (Å²) >= 11 is 0. The molecule has 2 nitrogen and oxygen atoms in total. The van der Waals surface area contributed by atoms with E-state index in [4.69, 9.17) is 10.7 Å². The Morgan fingerprint density at radius 2 is 1.53 bits per heavy atom. The first-order valence-electron chi connectivity index (χ1n) is 5.62. The fourth-order valence-corrected chi connectivity index (χ4v) is 2.07. The second-order valence-electron chi connectivity index (χ2n) is 3.87. The maximum Gasteiger partial charge on any atom is 0.261 e. The minimum atomic E-state index is -3.59. The van der Waals surface area contributed by atoms with Gasteiger partial charge in [0, 0.05) is 10.7 Å². The van der Waals surface area contributed by atoms with Crippen LogP contribution in [0.2, 0.25) is 0 Å². The van der Waals surface area contributed by atoms with E-state index in [1.54, 1.807) is 18.2 Å². The fourth-order valence-electron chi connectivity index (χ4n) is 1.30. The van der Waals surface area contributed by atoms with Gasteiger partial charge in [0.2, 0.25) is 0 Å². The Kier molecular flexibility index (Phi) is 5.80. The molecule has 0 saturated carbocycles. The van der Waals surface area contributed by atoms with E-state index in [-0.39, 0.29) is 4.90 Å². The molecule has 4 heteroatoms. The molecule has 0 unspecified atom stereocenters. The average molecular weight is 295 g/mol. The molecule has 0 aliphatic carbocycles. The van der Waals surface area contributed by atoms with Crippen molar-refractivity contribution in [2.24, 2.45) is 0 Å². The van der Waals surface area contributed by atoms with Crippen LogP contribution in [-0.4, -0.2) is 8.42 Å². The van der Waals surface area contributed by atoms with Crippen LogP contribution in [0.4, 0.5) is 0 Å². The van der Waals surface area contributed by atoms with Crippen LogP contribution in [0, 0.1) is 6.92 Å². The van der Waals surface area contributed by atoms with Gasteiger partial charge in [-0.15, -0.1) is 0 Å². The van der Waals surface area contributed by atoms with E-state index < -0.39 is 9.05 Å². The summed E-state index contributed by atoms with van der Waals surface area (Å²) in [6.45, 7) is 5.62. The number of halogens is 1. The molecule has 0 bridgehead atoms. The minimum Gasteiger partial charge on any atom is -0.207 e. The minimum absolute atomic E-state index is 0.106. The molecule has 19 heavy (non-hydrogen) atoms. The zero-order valence-corrected chi connectivity index (χ0v) is 12.2. The monoisotopic (exact) mass is 294 g/mol. The Morgan fingerprint density at radius 1 is 1.00 bits per heavy atom. The van der Waals surface area contributed by atoms with Gasteiger partial charge in [-0.05, 0) is 24.6 Å². The molecule has 0 saturated heterocycles. The maximum absolute atomic E-state index is 10.8. The first-order chi connectivity index (χ1) is 8.93. The van der Waals surface area contributed by atoms with Crippen molar-refractivity contribution in [3.8, 4) is 0 Å². The lowest BCUT2D eigenvalue weighted by Crippen LogP contribution is -1.89. The molecule has 0 fully saturated rings. The number of rotatable bonds is 2. The largest absolute Gasteiger partial charge is 0.261 e. The Balaban J connectivity index is 0.000000218. The van der Waals surface area contributed by atoms with Gasteiger partial charge in [-0.25, -0.2) is 8.42 Å². The van der Waals surface area contributed by atoms with Crippen LogP contribution >= 0.6 is 10.7 Å². The topological polar surface area (TPSA) is 34.1 Å². The number of aryl methyl sites for hydroxylation is 1. The predicted molar refractivity (Wildman–Crippen MR) is 80.8 cm³/mol. The van der Waals surface area contributed by atoms with Crippen molar-refractivity contribution in [3.63, 3.8) is 0 Å². The molecule has 100 valence electrons. The highest BCUT2D eigenvalue weighted by Crippen LogP contribution is 2.15. The maximum atomic E-state index is 10.8. The standard InChI is InChI=1S/C8H7ClO2S.C7H8/c1-2-7-3-5-8(6-4-7)12(9,10)11;1-7-5-3-2-4-6-7/h2-6H,1H2;2-6H,1H3. The van der Waals surface area contributed by atoms with Gasteiger partial charge >= 0.3 is 0 Å². The van der Waals surface area contributed by atoms with E-state index in [0.29, 0.717) is 0 Å². The van der Waals surface area contributed by atoms with Crippen molar-refractivity contribution in [2.75, 3.05) is 0 Å². The zero-order chi connectivity index (χ0) is 14.3. The second-order valence-corrected chi connectivity index (χ2v) is 6.43. The van der Waals surface area contributed by atoms with Gasteiger partial charge in [0.1, 0.15) is 0 Å². The molecule has 0 heterocycles. The summed E-state index contributed by atoms with van der Waals surface area (Å²) in [5.41, 5.74) is 2.18. The van der Waals surface area contributed by atoms with Crippen molar-refractivity contribution in [3.05, 3.63) is 72.3 Å². The van der Waals surface area contributed by atoms with E-state index in [1.165, 1.54) is 17.7 Å². The van der Waals surface area contributed by atoms with Crippen molar-refractivity contribution >= 4 is 25.8 Å². The molecular formula is C15H15ClO2S. The first-order valence-corrected chi connectivity index (χ1v) is 7.93. The molecule has 0 radical (unpaired) electrons. The van der Waals surface area contributed by atoms with Crippen LogP contribution in [0.5, 0.6) is 0 Å². The van der Waals surface area contributed by atoms with Crippen molar-refractivity contribution < 1.29 is 8.42 Å². The SMILES string of the molecule is C=Cc1ccc(S(=O)(=O)Cl)cc1.Cc1ccccc1. The van der Waals surface area contributed by atoms with Gasteiger partial charge < -0.3 is 0 Å². The lowest BCUT2D eigenvalue weighted by molar-refractivity contribution is 0.609. The third kappa shape index (κ3) is 5.73. The van der Waals surface area contributed by atoms with Crippen LogP contribution in [0.25, 0.3) is 6.08 Å². The molecule has 0 atom stereocenters. The smallest absolute Gasteiger partial charge is 0.207 e. The third-order valence-electron chi connectivity index (χ3n) is 2.34. The molecule has 0 aromatic heterocycles. The lowest BCUT2D eigenvalue weighted by Gasteiger charge is -1.95. The summed E-state index contributed by atoms with van der Waals surface area (Å²) < 4.78 is 21.5. The molecule has 0 N–H and O–H groups in total. The van der Waals surface area contributed by atoms with Crippen LogP contribution in [0.15, 0.2) is 66.1 Å². The third-order valence-corrected chi connectivity index (χ3v) is 3.71. The summed E-state index contributed by atoms with van der Waals surface area (Å²) in [6, 6.07) is 16.4. The lowest BCUT2D eigenvalue weighted by atomic mass is 10.2. The summed E-state index contributed by atoms with van der Waals surface area (Å²) in [5.74, 6) is 0. The molecule has 2 aromatic rings. The fraction of sp³-hybridized carbons (Fsp3) is 0.0667. The van der Waals surface area contributed by atoms with Crippen LogP contribution < -0.4 is 0 Å². The number of hydrogen-bond acceptors (Lipinski definition) is 2. The van der Waals surface area contributed by atoms with Gasteiger partial charge in [0.25, 0.3) is 9.05 Å². The number of hydrogen-bond donors (Lipinski definition) is 0. The van der Waals surface area contributed by atoms with Crippen molar-refractivity contribution in [2.45, 2.75) is 11.8 Å². The highest BCUT2D eigenvalue weighted by atomic mass is 35.7. The second kappa shape index (κ2) is 7.12. The molecule has 2 aromatic carbocycles. The summed E-state index contributed by atoms with van der Waals surface area (Å²) in [5, 5.41) is 0. The van der Waals surface area contributed by atoms with Gasteiger partial charge in [0.05, 0.1) is 4.90 Å². The van der Waals surface area contributed by atoms with E-state index in [0.717, 1.165) is 5.56 Å². The first kappa shape index (κ1) is 15.5. The Morgan fingerprint density at radius 3 is 1.84 bits per heavy atom. The predicted octanol–water partition coefficient (Wildman–Crippen LogP) is 4.25. The highest BCUT2D eigenvalue weighted by molar-refractivity contribution is 8.13. The Hall–Kier alpha value is -1.58. The Labute approximate surface area is 118 Å². The molecular weight excluding hydrogens is 280 g/mol. The average Bonchev–Trinajstić information content (AvgIpc) is 2.39. The van der Waals surface area contributed by atoms with E-state index in [2.05, 4.69) is 25.6 Å². The number of benzene rings is 2. The van der Waals surface area contributed by atoms with Crippen molar-refractivity contribution in [1.29, 1.82) is 0 Å². The molecule has 0 amide bonds. The summed E-state index contributed by atoms with van der Waals surface area (Å²) in [7, 11) is 1.51. The normalized spacial score (nSPS) is 10.2. The van der Waals surface area contributed by atoms with Gasteiger partial charge in [-0.1, -0.05) is 60.7 Å². The Bertz CT molecular complexity index is 617. The van der Waals surface area contributed by atoms with E-state index in [9.17, 15) is 8.42 Å². The molecule has 0 spiro atoms. The van der Waals surface area contributed by atoms with Gasteiger partial charge in [-0.3, -0.25) is 0 Å². The van der Waals surface area contributed by atoms with Crippen LogP contribution in [0.3, 0.4) is 0 Å². The zero-order valence-electron chi connectivity index (χ0n) is 10.6. The quantitative estimate of drug-likeness (QED) is 0.776. The van der Waals surface area contributed by atoms with E-state index >= 15 is 0 Å². The van der Waals surface area contributed by atoms with Crippen LogP contribution in [-0.2, 0) is 9.05 Å². The van der Waals surface area contributed by atoms with E-state index in [1.807, 2.05) is 18.2 Å². The van der Waals surface area contributed by atoms with Gasteiger partial charge in [-0.2, -0.15) is 0 Å². The molecule has 0 aliphatic heterocycles.